The summed E-state index contributed by atoms with van der Waals surface area (Å²) in [7, 11) is 0. The number of hydrogen-bond acceptors (Lipinski definition) is 2. The largest absolute Gasteiger partial charge is 0.320 e. The van der Waals surface area contributed by atoms with Crippen LogP contribution in [0.3, 0.4) is 0 Å². The van der Waals surface area contributed by atoms with Crippen molar-refractivity contribution in [3.05, 3.63) is 69.1 Å². The molecule has 1 aromatic heterocycles. The van der Waals surface area contributed by atoms with Gasteiger partial charge in [0, 0.05) is 17.8 Å². The van der Waals surface area contributed by atoms with Gasteiger partial charge in [0.25, 0.3) is 5.56 Å². The van der Waals surface area contributed by atoms with Gasteiger partial charge in [-0.2, -0.15) is 0 Å². The first-order chi connectivity index (χ1) is 9.95. The Morgan fingerprint density at radius 2 is 1.90 bits per heavy atom. The van der Waals surface area contributed by atoms with Crippen LogP contribution in [0.2, 0.25) is 0 Å². The molecule has 0 fully saturated rings. The van der Waals surface area contributed by atoms with Gasteiger partial charge in [-0.1, -0.05) is 31.2 Å². The van der Waals surface area contributed by atoms with E-state index in [9.17, 15) is 4.79 Å². The molecule has 3 heteroatoms. The van der Waals surface area contributed by atoms with Crippen molar-refractivity contribution in [3.63, 3.8) is 0 Å². The molecule has 0 aliphatic carbocycles. The molecule has 0 aliphatic rings. The number of benzene rings is 1. The van der Waals surface area contributed by atoms with E-state index >= 15 is 0 Å². The standard InChI is InChI=1S/C18H24N2O/c1-5-14(4)20-10-6-7-16(18(20)21)17(19)15-9-8-12(2)13(3)11-15/h6-11,14,17H,5,19H2,1-4H3. The minimum atomic E-state index is -0.381. The van der Waals surface area contributed by atoms with Crippen LogP contribution in [0.1, 0.15) is 54.6 Å². The van der Waals surface area contributed by atoms with E-state index in [0.29, 0.717) is 5.56 Å². The molecule has 1 aromatic carbocycles. The summed E-state index contributed by atoms with van der Waals surface area (Å²) >= 11 is 0. The number of rotatable bonds is 4. The lowest BCUT2D eigenvalue weighted by atomic mass is 9.97. The number of nitrogens with two attached hydrogens (primary N) is 1. The molecule has 0 saturated heterocycles. The van der Waals surface area contributed by atoms with E-state index in [1.54, 1.807) is 4.57 Å². The molecule has 0 amide bonds. The normalized spacial score (nSPS) is 14.0. The van der Waals surface area contributed by atoms with Crippen LogP contribution in [0.5, 0.6) is 0 Å². The fourth-order valence-corrected chi connectivity index (χ4v) is 2.45. The number of aryl methyl sites for hydroxylation is 2. The zero-order valence-electron chi connectivity index (χ0n) is 13.3. The van der Waals surface area contributed by atoms with E-state index in [1.165, 1.54) is 11.1 Å². The lowest BCUT2D eigenvalue weighted by Crippen LogP contribution is -2.29. The molecule has 0 bridgehead atoms. The average Bonchev–Trinajstić information content (AvgIpc) is 2.49. The maximum absolute atomic E-state index is 12.6. The summed E-state index contributed by atoms with van der Waals surface area (Å²) in [6.45, 7) is 8.26. The molecule has 1 heterocycles. The van der Waals surface area contributed by atoms with Gasteiger partial charge < -0.3 is 10.3 Å². The zero-order chi connectivity index (χ0) is 15.6. The Bertz CT molecular complexity index is 688. The van der Waals surface area contributed by atoms with E-state index in [1.807, 2.05) is 31.3 Å². The van der Waals surface area contributed by atoms with E-state index in [2.05, 4.69) is 32.9 Å². The molecule has 0 spiro atoms. The van der Waals surface area contributed by atoms with Gasteiger partial charge in [-0.3, -0.25) is 4.79 Å². The summed E-state index contributed by atoms with van der Waals surface area (Å²) in [4.78, 5) is 12.6. The molecular weight excluding hydrogens is 260 g/mol. The molecule has 2 atom stereocenters. The van der Waals surface area contributed by atoms with Gasteiger partial charge in [-0.15, -0.1) is 0 Å². The first-order valence-corrected chi connectivity index (χ1v) is 7.49. The van der Waals surface area contributed by atoms with Crippen LogP contribution in [0.25, 0.3) is 0 Å². The monoisotopic (exact) mass is 284 g/mol. The molecule has 21 heavy (non-hydrogen) atoms. The van der Waals surface area contributed by atoms with Crippen molar-refractivity contribution in [2.45, 2.75) is 46.2 Å². The van der Waals surface area contributed by atoms with Gasteiger partial charge in [0.15, 0.2) is 0 Å². The highest BCUT2D eigenvalue weighted by Crippen LogP contribution is 2.20. The summed E-state index contributed by atoms with van der Waals surface area (Å²) in [5.41, 5.74) is 10.4. The van der Waals surface area contributed by atoms with E-state index in [0.717, 1.165) is 12.0 Å². The third-order valence-electron chi connectivity index (χ3n) is 4.29. The van der Waals surface area contributed by atoms with Gasteiger partial charge in [0.2, 0.25) is 0 Å². The average molecular weight is 284 g/mol. The minimum absolute atomic E-state index is 0.0116. The van der Waals surface area contributed by atoms with Gasteiger partial charge in [0.1, 0.15) is 0 Å². The summed E-state index contributed by atoms with van der Waals surface area (Å²) < 4.78 is 1.77. The fraction of sp³-hybridized carbons (Fsp3) is 0.389. The molecule has 2 aromatic rings. The number of pyridine rings is 1. The summed E-state index contributed by atoms with van der Waals surface area (Å²) in [5.74, 6) is 0. The lowest BCUT2D eigenvalue weighted by molar-refractivity contribution is 0.509. The van der Waals surface area contributed by atoms with Crippen molar-refractivity contribution in [3.8, 4) is 0 Å². The smallest absolute Gasteiger partial charge is 0.255 e. The Labute approximate surface area is 126 Å². The highest BCUT2D eigenvalue weighted by molar-refractivity contribution is 5.36. The Balaban J connectivity index is 2.46. The second-order valence-electron chi connectivity index (χ2n) is 5.75. The van der Waals surface area contributed by atoms with Crippen molar-refractivity contribution < 1.29 is 0 Å². The zero-order valence-corrected chi connectivity index (χ0v) is 13.3. The van der Waals surface area contributed by atoms with Crippen molar-refractivity contribution in [1.29, 1.82) is 0 Å². The van der Waals surface area contributed by atoms with Crippen LogP contribution < -0.4 is 11.3 Å². The van der Waals surface area contributed by atoms with Crippen LogP contribution >= 0.6 is 0 Å². The van der Waals surface area contributed by atoms with Crippen LogP contribution in [-0.2, 0) is 0 Å². The van der Waals surface area contributed by atoms with Crippen molar-refractivity contribution in [2.24, 2.45) is 5.73 Å². The Kier molecular flexibility index (Phi) is 4.63. The van der Waals surface area contributed by atoms with Crippen LogP contribution in [0.4, 0.5) is 0 Å². The second kappa shape index (κ2) is 6.27. The molecule has 0 aliphatic heterocycles. The van der Waals surface area contributed by atoms with Crippen molar-refractivity contribution in [1.82, 2.24) is 4.57 Å². The topological polar surface area (TPSA) is 48.0 Å². The molecule has 0 saturated carbocycles. The highest BCUT2D eigenvalue weighted by Gasteiger charge is 2.16. The first-order valence-electron chi connectivity index (χ1n) is 7.49. The van der Waals surface area contributed by atoms with E-state index in [-0.39, 0.29) is 17.6 Å². The van der Waals surface area contributed by atoms with Gasteiger partial charge in [-0.25, -0.2) is 0 Å². The third-order valence-corrected chi connectivity index (χ3v) is 4.29. The van der Waals surface area contributed by atoms with E-state index in [4.69, 9.17) is 5.73 Å². The lowest BCUT2D eigenvalue weighted by Gasteiger charge is -2.18. The van der Waals surface area contributed by atoms with Gasteiger partial charge in [-0.05, 0) is 49.9 Å². The molecule has 0 radical (unpaired) electrons. The predicted molar refractivity (Wildman–Crippen MR) is 87.7 cm³/mol. The predicted octanol–water partition coefficient (Wildman–Crippen LogP) is 3.48. The fourth-order valence-electron chi connectivity index (χ4n) is 2.45. The van der Waals surface area contributed by atoms with E-state index < -0.39 is 0 Å². The molecule has 2 N–H and O–H groups in total. The third kappa shape index (κ3) is 3.08. The molecular formula is C18H24N2O. The minimum Gasteiger partial charge on any atom is -0.320 e. The summed E-state index contributed by atoms with van der Waals surface area (Å²) in [5, 5.41) is 0. The molecule has 2 rings (SSSR count). The van der Waals surface area contributed by atoms with Gasteiger partial charge in [0.05, 0.1) is 6.04 Å². The number of aromatic nitrogens is 1. The maximum Gasteiger partial charge on any atom is 0.255 e. The number of hydrogen-bond donors (Lipinski definition) is 1. The number of nitrogens with zero attached hydrogens (tertiary/aromatic N) is 1. The van der Waals surface area contributed by atoms with Crippen molar-refractivity contribution >= 4 is 0 Å². The van der Waals surface area contributed by atoms with Crippen LogP contribution in [-0.4, -0.2) is 4.57 Å². The highest BCUT2D eigenvalue weighted by atomic mass is 16.1. The second-order valence-corrected chi connectivity index (χ2v) is 5.75. The molecule has 112 valence electrons. The Hall–Kier alpha value is -1.87. The first kappa shape index (κ1) is 15.5. The molecule has 3 nitrogen and oxygen atoms in total. The summed E-state index contributed by atoms with van der Waals surface area (Å²) in [6.07, 6.45) is 2.76. The quantitative estimate of drug-likeness (QED) is 0.934. The molecule has 2 unspecified atom stereocenters. The maximum atomic E-state index is 12.6. The Morgan fingerprint density at radius 1 is 1.19 bits per heavy atom. The SMILES string of the molecule is CCC(C)n1cccc(C(N)c2ccc(C)c(C)c2)c1=O. The van der Waals surface area contributed by atoms with Crippen LogP contribution in [0.15, 0.2) is 41.3 Å². The van der Waals surface area contributed by atoms with Crippen LogP contribution in [0, 0.1) is 13.8 Å². The van der Waals surface area contributed by atoms with Crippen molar-refractivity contribution in [2.75, 3.05) is 0 Å². The summed E-state index contributed by atoms with van der Waals surface area (Å²) in [6, 6.07) is 9.68. The van der Waals surface area contributed by atoms with Gasteiger partial charge >= 0.3 is 0 Å². The Morgan fingerprint density at radius 3 is 2.52 bits per heavy atom.